The topological polar surface area (TPSA) is 62.8 Å². The smallest absolute Gasteiger partial charge is 0.137 e. The van der Waals surface area contributed by atoms with Crippen LogP contribution in [0.15, 0.2) is 66.0 Å². The summed E-state index contributed by atoms with van der Waals surface area (Å²) in [5.74, 6) is 0.252. The van der Waals surface area contributed by atoms with Gasteiger partial charge in [-0.2, -0.15) is 5.10 Å². The van der Waals surface area contributed by atoms with Crippen LogP contribution in [0.4, 0.5) is 5.69 Å². The molecule has 5 rings (SSSR count). The first-order valence-corrected chi connectivity index (χ1v) is 8.03. The van der Waals surface area contributed by atoms with E-state index in [2.05, 4.69) is 10.1 Å². The molecule has 0 fully saturated rings. The minimum Gasteiger partial charge on any atom is -0.508 e. The van der Waals surface area contributed by atoms with E-state index in [0.29, 0.717) is 0 Å². The van der Waals surface area contributed by atoms with Crippen LogP contribution in [0, 0.1) is 6.92 Å². The molecule has 0 unspecified atom stereocenters. The van der Waals surface area contributed by atoms with Crippen molar-refractivity contribution in [2.45, 2.75) is 6.92 Å². The van der Waals surface area contributed by atoms with Crippen LogP contribution in [0.25, 0.3) is 16.8 Å². The number of phenols is 1. The summed E-state index contributed by atoms with van der Waals surface area (Å²) in [5.41, 5.74) is 7.48. The molecule has 1 aliphatic heterocycles. The van der Waals surface area contributed by atoms with E-state index in [1.165, 1.54) is 0 Å². The van der Waals surface area contributed by atoms with Gasteiger partial charge in [0.1, 0.15) is 23.3 Å². The fraction of sp³-hybridized carbons (Fsp3) is 0.0500. The molecule has 120 valence electrons. The summed E-state index contributed by atoms with van der Waals surface area (Å²) in [6.45, 7) is 1.98. The summed E-state index contributed by atoms with van der Waals surface area (Å²) in [4.78, 5) is 9.50. The minimum absolute atomic E-state index is 0.252. The molecule has 0 saturated carbocycles. The van der Waals surface area contributed by atoms with Crippen molar-refractivity contribution in [3.05, 3.63) is 77.7 Å². The van der Waals surface area contributed by atoms with E-state index >= 15 is 0 Å². The third-order valence-corrected chi connectivity index (χ3v) is 4.57. The van der Waals surface area contributed by atoms with Gasteiger partial charge in [-0.05, 0) is 42.8 Å². The highest BCUT2D eigenvalue weighted by atomic mass is 16.3. The molecule has 1 N–H and O–H groups in total. The summed E-state index contributed by atoms with van der Waals surface area (Å²) in [6, 6.07) is 15.4. The van der Waals surface area contributed by atoms with Crippen LogP contribution < -0.4 is 0 Å². The Morgan fingerprint density at radius 3 is 2.72 bits per heavy atom. The summed E-state index contributed by atoms with van der Waals surface area (Å²) >= 11 is 0. The number of hydrogen-bond acceptors (Lipinski definition) is 4. The van der Waals surface area contributed by atoms with Crippen LogP contribution in [-0.4, -0.2) is 25.4 Å². The van der Waals surface area contributed by atoms with Crippen LogP contribution in [-0.2, 0) is 0 Å². The largest absolute Gasteiger partial charge is 0.508 e. The Bertz CT molecular complexity index is 1170. The number of benzene rings is 2. The minimum atomic E-state index is 0.252. The molecule has 0 bridgehead atoms. The lowest BCUT2D eigenvalue weighted by Gasteiger charge is -2.09. The van der Waals surface area contributed by atoms with Gasteiger partial charge in [0.05, 0.1) is 11.4 Å². The second-order valence-electron chi connectivity index (χ2n) is 6.11. The van der Waals surface area contributed by atoms with Crippen LogP contribution in [0.5, 0.6) is 5.75 Å². The third kappa shape index (κ3) is 1.99. The molecule has 5 nitrogen and oxygen atoms in total. The molecule has 0 aliphatic carbocycles. The SMILES string of the molecule is Cc1cc(O)ccc1C1=Nc2ccccc2-c2ncnn3ccc1c23. The van der Waals surface area contributed by atoms with E-state index in [0.717, 1.165) is 44.9 Å². The Balaban J connectivity index is 1.92. The molecular weight excluding hydrogens is 312 g/mol. The standard InChI is InChI=1S/C20H14N4O/c1-12-10-13(25)6-7-14(12)18-16-8-9-24-20(16)19(21-11-22-24)15-4-2-3-5-17(15)23-18/h2-11,25H,1H3. The van der Waals surface area contributed by atoms with Crippen molar-refractivity contribution in [3.63, 3.8) is 0 Å². The van der Waals surface area contributed by atoms with E-state index in [-0.39, 0.29) is 5.75 Å². The maximum absolute atomic E-state index is 9.76. The Labute approximate surface area is 143 Å². The number of phenolic OH excluding ortho intramolecular Hbond substituents is 1. The van der Waals surface area contributed by atoms with Crippen molar-refractivity contribution in [3.8, 4) is 17.0 Å². The van der Waals surface area contributed by atoms with Gasteiger partial charge in [0.25, 0.3) is 0 Å². The van der Waals surface area contributed by atoms with Crippen LogP contribution in [0.1, 0.15) is 16.7 Å². The molecule has 0 atom stereocenters. The first-order chi connectivity index (χ1) is 12.2. The van der Waals surface area contributed by atoms with E-state index < -0.39 is 0 Å². The van der Waals surface area contributed by atoms with Crippen LogP contribution in [0.2, 0.25) is 0 Å². The van der Waals surface area contributed by atoms with Gasteiger partial charge in [0, 0.05) is 22.9 Å². The summed E-state index contributed by atoms with van der Waals surface area (Å²) in [7, 11) is 0. The van der Waals surface area contributed by atoms with Crippen LogP contribution in [0.3, 0.4) is 0 Å². The maximum atomic E-state index is 9.76. The van der Waals surface area contributed by atoms with E-state index in [4.69, 9.17) is 4.99 Å². The zero-order valence-electron chi connectivity index (χ0n) is 13.5. The number of aromatic nitrogens is 3. The quantitative estimate of drug-likeness (QED) is 0.508. The van der Waals surface area contributed by atoms with Crippen molar-refractivity contribution in [2.75, 3.05) is 0 Å². The Kier molecular flexibility index (Phi) is 2.79. The normalized spacial score (nSPS) is 12.6. The van der Waals surface area contributed by atoms with Gasteiger partial charge in [-0.15, -0.1) is 0 Å². The van der Waals surface area contributed by atoms with Crippen molar-refractivity contribution < 1.29 is 5.11 Å². The summed E-state index contributed by atoms with van der Waals surface area (Å²) < 4.78 is 1.84. The second kappa shape index (κ2) is 5.01. The zero-order chi connectivity index (χ0) is 17.0. The highest BCUT2D eigenvalue weighted by molar-refractivity contribution is 6.21. The molecule has 0 radical (unpaired) electrons. The molecule has 0 saturated heterocycles. The number of aliphatic imine (C=N–C) groups is 1. The predicted octanol–water partition coefficient (Wildman–Crippen LogP) is 3.89. The molecule has 0 spiro atoms. The lowest BCUT2D eigenvalue weighted by molar-refractivity contribution is 0.475. The molecular formula is C20H14N4O. The third-order valence-electron chi connectivity index (χ3n) is 4.57. The monoisotopic (exact) mass is 326 g/mol. The van der Waals surface area contributed by atoms with Crippen LogP contribution >= 0.6 is 0 Å². The average Bonchev–Trinajstić information content (AvgIpc) is 2.98. The van der Waals surface area contributed by atoms with Gasteiger partial charge < -0.3 is 5.11 Å². The van der Waals surface area contributed by atoms with E-state index in [1.807, 2.05) is 54.0 Å². The van der Waals surface area contributed by atoms with Crippen molar-refractivity contribution in [1.82, 2.24) is 14.6 Å². The van der Waals surface area contributed by atoms with Gasteiger partial charge >= 0.3 is 0 Å². The number of hydrogen-bond donors (Lipinski definition) is 1. The lowest BCUT2D eigenvalue weighted by Crippen LogP contribution is -2.05. The average molecular weight is 326 g/mol. The van der Waals surface area contributed by atoms with E-state index in [1.54, 1.807) is 18.5 Å². The van der Waals surface area contributed by atoms with Gasteiger partial charge in [-0.3, -0.25) is 0 Å². The molecule has 1 aliphatic rings. The van der Waals surface area contributed by atoms with E-state index in [9.17, 15) is 5.11 Å². The molecule has 4 aromatic rings. The molecule has 2 aromatic carbocycles. The van der Waals surface area contributed by atoms with Crippen molar-refractivity contribution in [2.24, 2.45) is 4.99 Å². The highest BCUT2D eigenvalue weighted by Crippen LogP contribution is 2.38. The maximum Gasteiger partial charge on any atom is 0.137 e. The molecule has 25 heavy (non-hydrogen) atoms. The zero-order valence-corrected chi connectivity index (χ0v) is 13.5. The molecule has 3 heterocycles. The lowest BCUT2D eigenvalue weighted by atomic mass is 9.98. The Morgan fingerprint density at radius 2 is 1.84 bits per heavy atom. The fourth-order valence-corrected chi connectivity index (χ4v) is 3.41. The molecule has 5 heteroatoms. The molecule has 0 amide bonds. The number of nitrogens with zero attached hydrogens (tertiary/aromatic N) is 4. The number of para-hydroxylation sites is 1. The predicted molar refractivity (Wildman–Crippen MR) is 96.6 cm³/mol. The first-order valence-electron chi connectivity index (χ1n) is 8.03. The van der Waals surface area contributed by atoms with Gasteiger partial charge in [-0.1, -0.05) is 18.2 Å². The number of aromatic hydroxyl groups is 1. The summed E-state index contributed by atoms with van der Waals surface area (Å²) in [6.07, 6.45) is 3.49. The van der Waals surface area contributed by atoms with Gasteiger partial charge in [-0.25, -0.2) is 14.5 Å². The van der Waals surface area contributed by atoms with Gasteiger partial charge in [0.15, 0.2) is 0 Å². The Morgan fingerprint density at radius 1 is 0.960 bits per heavy atom. The number of fused-ring (bicyclic) bond motifs is 2. The van der Waals surface area contributed by atoms with Crippen molar-refractivity contribution in [1.29, 1.82) is 0 Å². The molecule has 2 aromatic heterocycles. The number of aryl methyl sites for hydroxylation is 1. The highest BCUT2D eigenvalue weighted by Gasteiger charge is 2.23. The second-order valence-corrected chi connectivity index (χ2v) is 6.11. The fourth-order valence-electron chi connectivity index (χ4n) is 3.41. The Hall–Kier alpha value is -3.47. The van der Waals surface area contributed by atoms with Gasteiger partial charge in [0.2, 0.25) is 0 Å². The summed E-state index contributed by atoms with van der Waals surface area (Å²) in [5, 5.41) is 14.1. The first kappa shape index (κ1) is 13.9. The number of rotatable bonds is 1. The van der Waals surface area contributed by atoms with Crippen molar-refractivity contribution >= 4 is 16.9 Å².